The van der Waals surface area contributed by atoms with Gasteiger partial charge in [-0.15, -0.1) is 0 Å². The molecule has 5 heteroatoms. The zero-order chi connectivity index (χ0) is 16.9. The van der Waals surface area contributed by atoms with Crippen molar-refractivity contribution in [3.63, 3.8) is 0 Å². The van der Waals surface area contributed by atoms with Gasteiger partial charge in [0.2, 0.25) is 0 Å². The Morgan fingerprint density at radius 2 is 2.00 bits per heavy atom. The zero-order valence-electron chi connectivity index (χ0n) is 13.7. The molecular formula is C17H22N2O3. The summed E-state index contributed by atoms with van der Waals surface area (Å²) in [7, 11) is 0. The molecule has 0 saturated carbocycles. The molecule has 1 aromatic rings. The van der Waals surface area contributed by atoms with Gasteiger partial charge in [0.15, 0.2) is 6.61 Å². The van der Waals surface area contributed by atoms with Gasteiger partial charge in [-0.3, -0.25) is 4.79 Å². The third kappa shape index (κ3) is 4.32. The topological polar surface area (TPSA) is 79.2 Å². The highest BCUT2D eigenvalue weighted by Crippen LogP contribution is 2.15. The molecule has 1 amide bonds. The quantitative estimate of drug-likeness (QED) is 0.848. The molecule has 1 N–H and O–H groups in total. The van der Waals surface area contributed by atoms with E-state index in [1.807, 2.05) is 39.8 Å². The van der Waals surface area contributed by atoms with Crippen molar-refractivity contribution in [1.82, 2.24) is 5.32 Å². The average molecular weight is 302 g/mol. The molecule has 0 aliphatic rings. The maximum absolute atomic E-state index is 12.0. The molecule has 0 radical (unpaired) electrons. The monoisotopic (exact) mass is 302 g/mol. The number of nitriles is 1. The number of amides is 1. The molecule has 1 rings (SSSR count). The number of rotatable bonds is 5. The molecule has 0 aliphatic heterocycles. The predicted molar refractivity (Wildman–Crippen MR) is 83.2 cm³/mol. The van der Waals surface area contributed by atoms with E-state index in [2.05, 4.69) is 11.4 Å². The van der Waals surface area contributed by atoms with Crippen molar-refractivity contribution in [3.8, 4) is 6.07 Å². The Bertz CT molecular complexity index is 617. The van der Waals surface area contributed by atoms with E-state index in [1.165, 1.54) is 0 Å². The van der Waals surface area contributed by atoms with E-state index in [0.29, 0.717) is 5.56 Å². The van der Waals surface area contributed by atoms with Crippen LogP contribution in [0.3, 0.4) is 0 Å². The summed E-state index contributed by atoms with van der Waals surface area (Å²) in [5.74, 6) is -1.09. The Hall–Kier alpha value is -2.35. The highest BCUT2D eigenvalue weighted by molar-refractivity contribution is 5.92. The number of esters is 1. The Morgan fingerprint density at radius 3 is 2.50 bits per heavy atom. The van der Waals surface area contributed by atoms with Gasteiger partial charge in [0, 0.05) is 0 Å². The van der Waals surface area contributed by atoms with Crippen molar-refractivity contribution in [2.45, 2.75) is 40.2 Å². The van der Waals surface area contributed by atoms with Crippen LogP contribution in [-0.4, -0.2) is 24.0 Å². The molecule has 0 spiro atoms. The van der Waals surface area contributed by atoms with Gasteiger partial charge in [-0.05, 0) is 38.3 Å². The summed E-state index contributed by atoms with van der Waals surface area (Å²) in [6, 6.07) is 7.44. The van der Waals surface area contributed by atoms with Crippen molar-refractivity contribution < 1.29 is 14.3 Å². The second kappa shape index (κ2) is 7.08. The van der Waals surface area contributed by atoms with Crippen molar-refractivity contribution in [1.29, 1.82) is 5.26 Å². The maximum atomic E-state index is 12.0. The van der Waals surface area contributed by atoms with E-state index >= 15 is 0 Å². The van der Waals surface area contributed by atoms with Crippen LogP contribution in [0.1, 0.15) is 42.3 Å². The summed E-state index contributed by atoms with van der Waals surface area (Å²) in [5.41, 5.74) is 1.30. The van der Waals surface area contributed by atoms with E-state index in [1.54, 1.807) is 13.0 Å². The molecule has 118 valence electrons. The molecular weight excluding hydrogens is 280 g/mol. The second-order valence-corrected chi connectivity index (χ2v) is 5.91. The number of benzene rings is 1. The van der Waals surface area contributed by atoms with Crippen LogP contribution in [0, 0.1) is 31.1 Å². The van der Waals surface area contributed by atoms with Gasteiger partial charge in [-0.2, -0.15) is 5.26 Å². The van der Waals surface area contributed by atoms with Gasteiger partial charge in [0.1, 0.15) is 5.54 Å². The Morgan fingerprint density at radius 1 is 1.36 bits per heavy atom. The maximum Gasteiger partial charge on any atom is 0.338 e. The summed E-state index contributed by atoms with van der Waals surface area (Å²) < 4.78 is 5.02. The number of aryl methyl sites for hydroxylation is 2. The molecule has 0 aliphatic carbocycles. The first-order chi connectivity index (χ1) is 10.2. The first-order valence-electron chi connectivity index (χ1n) is 7.16. The van der Waals surface area contributed by atoms with Crippen molar-refractivity contribution in [3.05, 3.63) is 34.9 Å². The summed E-state index contributed by atoms with van der Waals surface area (Å²) in [5, 5.41) is 11.7. The van der Waals surface area contributed by atoms with Gasteiger partial charge < -0.3 is 10.1 Å². The molecule has 0 aromatic heterocycles. The Labute approximate surface area is 131 Å². The van der Waals surface area contributed by atoms with Crippen molar-refractivity contribution in [2.24, 2.45) is 5.92 Å². The Balaban J connectivity index is 2.65. The van der Waals surface area contributed by atoms with Crippen LogP contribution in [-0.2, 0) is 9.53 Å². The lowest BCUT2D eigenvalue weighted by Crippen LogP contribution is -2.50. The van der Waals surface area contributed by atoms with E-state index in [-0.39, 0.29) is 5.92 Å². The van der Waals surface area contributed by atoms with Crippen LogP contribution < -0.4 is 5.32 Å². The molecule has 22 heavy (non-hydrogen) atoms. The predicted octanol–water partition coefficient (Wildman–Crippen LogP) is 2.51. The fraction of sp³-hybridized carbons (Fsp3) is 0.471. The smallest absolute Gasteiger partial charge is 0.338 e. The van der Waals surface area contributed by atoms with Crippen LogP contribution in [0.2, 0.25) is 0 Å². The zero-order valence-corrected chi connectivity index (χ0v) is 13.7. The van der Waals surface area contributed by atoms with Gasteiger partial charge in [-0.25, -0.2) is 4.79 Å². The largest absolute Gasteiger partial charge is 0.452 e. The number of nitrogens with one attached hydrogen (secondary N) is 1. The first kappa shape index (κ1) is 17.7. The SMILES string of the molecule is Cc1ccc(C(=O)OCC(=O)N[C@](C)(C#N)C(C)C)c(C)c1. The van der Waals surface area contributed by atoms with Gasteiger partial charge >= 0.3 is 5.97 Å². The standard InChI is InChI=1S/C17H22N2O3/c1-11(2)17(5,10-18)19-15(20)9-22-16(21)14-7-6-12(3)8-13(14)4/h6-8,11H,9H2,1-5H3,(H,19,20)/t17-/m1/s1. The number of carbonyl (C=O) groups is 2. The van der Waals surface area contributed by atoms with Gasteiger partial charge in [0.25, 0.3) is 5.91 Å². The molecule has 0 bridgehead atoms. The van der Waals surface area contributed by atoms with Crippen LogP contribution in [0.25, 0.3) is 0 Å². The van der Waals surface area contributed by atoms with Crippen LogP contribution >= 0.6 is 0 Å². The minimum atomic E-state index is -0.983. The average Bonchev–Trinajstić information content (AvgIpc) is 2.44. The fourth-order valence-corrected chi connectivity index (χ4v) is 1.88. The highest BCUT2D eigenvalue weighted by atomic mass is 16.5. The first-order valence-corrected chi connectivity index (χ1v) is 7.16. The number of hydrogen-bond donors (Lipinski definition) is 1. The molecule has 0 saturated heterocycles. The molecule has 1 aromatic carbocycles. The van der Waals surface area contributed by atoms with Crippen molar-refractivity contribution in [2.75, 3.05) is 6.61 Å². The molecule has 1 atom stereocenters. The third-order valence-corrected chi connectivity index (χ3v) is 3.72. The third-order valence-electron chi connectivity index (χ3n) is 3.72. The molecule has 0 fully saturated rings. The van der Waals surface area contributed by atoms with E-state index in [0.717, 1.165) is 11.1 Å². The van der Waals surface area contributed by atoms with Crippen LogP contribution in [0.4, 0.5) is 0 Å². The lowest BCUT2D eigenvalue weighted by Gasteiger charge is -2.27. The highest BCUT2D eigenvalue weighted by Gasteiger charge is 2.30. The number of carbonyl (C=O) groups excluding carboxylic acids is 2. The summed E-state index contributed by atoms with van der Waals surface area (Å²) in [6.45, 7) is 8.66. The van der Waals surface area contributed by atoms with Gasteiger partial charge in [-0.1, -0.05) is 31.5 Å². The lowest BCUT2D eigenvalue weighted by atomic mass is 9.90. The second-order valence-electron chi connectivity index (χ2n) is 5.91. The van der Waals surface area contributed by atoms with E-state index in [9.17, 15) is 9.59 Å². The van der Waals surface area contributed by atoms with Crippen LogP contribution in [0.5, 0.6) is 0 Å². The Kier molecular flexibility index (Phi) is 5.69. The normalized spacial score (nSPS) is 13.1. The van der Waals surface area contributed by atoms with Crippen molar-refractivity contribution >= 4 is 11.9 Å². The summed E-state index contributed by atoms with van der Waals surface area (Å²) in [6.07, 6.45) is 0. The minimum Gasteiger partial charge on any atom is -0.452 e. The van der Waals surface area contributed by atoms with E-state index < -0.39 is 24.0 Å². The molecule has 0 unspecified atom stereocenters. The number of nitrogens with zero attached hydrogens (tertiary/aromatic N) is 1. The van der Waals surface area contributed by atoms with Gasteiger partial charge in [0.05, 0.1) is 11.6 Å². The molecule has 5 nitrogen and oxygen atoms in total. The minimum absolute atomic E-state index is 0.0588. The van der Waals surface area contributed by atoms with E-state index in [4.69, 9.17) is 10.00 Å². The lowest BCUT2D eigenvalue weighted by molar-refractivity contribution is -0.125. The molecule has 0 heterocycles. The van der Waals surface area contributed by atoms with Crippen LogP contribution in [0.15, 0.2) is 18.2 Å². The number of ether oxygens (including phenoxy) is 1. The summed E-state index contributed by atoms with van der Waals surface area (Å²) >= 11 is 0. The summed E-state index contributed by atoms with van der Waals surface area (Å²) in [4.78, 5) is 23.8. The fourth-order valence-electron chi connectivity index (χ4n) is 1.88. The number of hydrogen-bond acceptors (Lipinski definition) is 4.